The minimum atomic E-state index is 0.390. The SMILES string of the molecule is c1ccc2c(c1)OCCC2Sc1nc[nH]n1. The molecule has 1 aliphatic rings. The van der Waals surface area contributed by atoms with Crippen LogP contribution >= 0.6 is 11.8 Å². The molecule has 0 spiro atoms. The van der Waals surface area contributed by atoms with E-state index in [-0.39, 0.29) is 0 Å². The third kappa shape index (κ3) is 1.78. The summed E-state index contributed by atoms with van der Waals surface area (Å²) in [4.78, 5) is 4.14. The number of aromatic nitrogens is 3. The first-order valence-corrected chi connectivity index (χ1v) is 6.05. The number of H-pyrrole nitrogens is 1. The molecule has 1 N–H and O–H groups in total. The zero-order valence-electron chi connectivity index (χ0n) is 8.59. The van der Waals surface area contributed by atoms with Gasteiger partial charge in [0.1, 0.15) is 12.1 Å². The Hall–Kier alpha value is -1.49. The third-order valence-electron chi connectivity index (χ3n) is 2.54. The highest BCUT2D eigenvalue weighted by Gasteiger charge is 2.22. The highest BCUT2D eigenvalue weighted by molar-refractivity contribution is 7.99. The molecule has 5 heteroatoms. The third-order valence-corrected chi connectivity index (χ3v) is 3.73. The Bertz CT molecular complexity index is 472. The maximum atomic E-state index is 5.61. The van der Waals surface area contributed by atoms with Gasteiger partial charge in [0, 0.05) is 10.8 Å². The molecular formula is C11H11N3OS. The maximum Gasteiger partial charge on any atom is 0.208 e. The number of ether oxygens (including phenoxy) is 1. The molecule has 2 heterocycles. The summed E-state index contributed by atoms with van der Waals surface area (Å²) in [6, 6.07) is 8.16. The largest absolute Gasteiger partial charge is 0.493 e. The normalized spacial score (nSPS) is 18.9. The van der Waals surface area contributed by atoms with Gasteiger partial charge < -0.3 is 4.74 Å². The Morgan fingerprint density at radius 1 is 1.38 bits per heavy atom. The number of aromatic amines is 1. The molecule has 16 heavy (non-hydrogen) atoms. The molecular weight excluding hydrogens is 222 g/mol. The Morgan fingerprint density at radius 3 is 3.19 bits per heavy atom. The first-order chi connectivity index (χ1) is 7.93. The van der Waals surface area contributed by atoms with Crippen molar-refractivity contribution >= 4 is 11.8 Å². The van der Waals surface area contributed by atoms with Crippen LogP contribution in [0.15, 0.2) is 35.7 Å². The molecule has 4 nitrogen and oxygen atoms in total. The molecule has 0 bridgehead atoms. The minimum Gasteiger partial charge on any atom is -0.493 e. The lowest BCUT2D eigenvalue weighted by atomic mass is 10.1. The van der Waals surface area contributed by atoms with Gasteiger partial charge in [-0.2, -0.15) is 0 Å². The summed E-state index contributed by atoms with van der Waals surface area (Å²) in [5.74, 6) is 0.988. The quantitative estimate of drug-likeness (QED) is 0.865. The van der Waals surface area contributed by atoms with Crippen molar-refractivity contribution in [3.63, 3.8) is 0 Å². The molecule has 1 aliphatic heterocycles. The van der Waals surface area contributed by atoms with Gasteiger partial charge in [-0.25, -0.2) is 4.98 Å². The molecule has 0 saturated carbocycles. The summed E-state index contributed by atoms with van der Waals surface area (Å²) in [6.45, 7) is 0.763. The van der Waals surface area contributed by atoms with E-state index >= 15 is 0 Å². The van der Waals surface area contributed by atoms with E-state index in [0.717, 1.165) is 23.9 Å². The lowest BCUT2D eigenvalue weighted by Crippen LogP contribution is -2.11. The van der Waals surface area contributed by atoms with Gasteiger partial charge in [0.05, 0.1) is 6.61 Å². The molecule has 82 valence electrons. The van der Waals surface area contributed by atoms with Crippen molar-refractivity contribution < 1.29 is 4.74 Å². The van der Waals surface area contributed by atoms with Gasteiger partial charge in [-0.3, -0.25) is 5.10 Å². The van der Waals surface area contributed by atoms with Crippen molar-refractivity contribution in [3.05, 3.63) is 36.2 Å². The summed E-state index contributed by atoms with van der Waals surface area (Å²) in [5.41, 5.74) is 1.24. The topological polar surface area (TPSA) is 50.8 Å². The van der Waals surface area contributed by atoms with E-state index in [1.165, 1.54) is 5.56 Å². The standard InChI is InChI=1S/C11H11N3OS/c1-2-4-9-8(3-1)10(5-6-15-9)16-11-12-7-13-14-11/h1-4,7,10H,5-6H2,(H,12,13,14). The van der Waals surface area contributed by atoms with Crippen molar-refractivity contribution in [2.24, 2.45) is 0 Å². The average molecular weight is 233 g/mol. The fraction of sp³-hybridized carbons (Fsp3) is 0.273. The number of hydrogen-bond acceptors (Lipinski definition) is 4. The smallest absolute Gasteiger partial charge is 0.208 e. The number of thioether (sulfide) groups is 1. The molecule has 0 amide bonds. The van der Waals surface area contributed by atoms with Crippen LogP contribution in [0, 0.1) is 0 Å². The molecule has 1 aromatic carbocycles. The predicted molar refractivity (Wildman–Crippen MR) is 61.5 cm³/mol. The van der Waals surface area contributed by atoms with E-state index in [0.29, 0.717) is 5.25 Å². The summed E-state index contributed by atoms with van der Waals surface area (Å²) < 4.78 is 5.61. The number of rotatable bonds is 2. The van der Waals surface area contributed by atoms with Gasteiger partial charge in [-0.15, -0.1) is 5.10 Å². The fourth-order valence-electron chi connectivity index (χ4n) is 1.81. The van der Waals surface area contributed by atoms with Gasteiger partial charge in [0.15, 0.2) is 0 Å². The van der Waals surface area contributed by atoms with Crippen LogP contribution in [-0.4, -0.2) is 21.8 Å². The summed E-state index contributed by atoms with van der Waals surface area (Å²) in [6.07, 6.45) is 2.60. The van der Waals surface area contributed by atoms with E-state index in [1.54, 1.807) is 18.1 Å². The molecule has 0 aliphatic carbocycles. The Morgan fingerprint density at radius 2 is 2.31 bits per heavy atom. The van der Waals surface area contributed by atoms with Gasteiger partial charge in [0.2, 0.25) is 5.16 Å². The van der Waals surface area contributed by atoms with E-state index in [9.17, 15) is 0 Å². The number of nitrogens with zero attached hydrogens (tertiary/aromatic N) is 2. The van der Waals surface area contributed by atoms with Crippen molar-refractivity contribution in [3.8, 4) is 5.75 Å². The van der Waals surface area contributed by atoms with Crippen LogP contribution in [0.2, 0.25) is 0 Å². The van der Waals surface area contributed by atoms with Crippen LogP contribution in [0.4, 0.5) is 0 Å². The summed E-state index contributed by atoms with van der Waals surface area (Å²) in [5, 5.41) is 7.98. The van der Waals surface area contributed by atoms with Crippen LogP contribution in [0.5, 0.6) is 5.75 Å². The number of fused-ring (bicyclic) bond motifs is 1. The lowest BCUT2D eigenvalue weighted by Gasteiger charge is -2.24. The van der Waals surface area contributed by atoms with Crippen LogP contribution in [0.3, 0.4) is 0 Å². The second kappa shape index (κ2) is 4.17. The van der Waals surface area contributed by atoms with Crippen molar-refractivity contribution in [2.75, 3.05) is 6.61 Å². The van der Waals surface area contributed by atoms with Crippen LogP contribution in [0.1, 0.15) is 17.2 Å². The minimum absolute atomic E-state index is 0.390. The predicted octanol–water partition coefficient (Wildman–Crippen LogP) is 2.42. The first kappa shape index (κ1) is 9.72. The van der Waals surface area contributed by atoms with E-state index in [4.69, 9.17) is 4.74 Å². The van der Waals surface area contributed by atoms with Gasteiger partial charge in [-0.1, -0.05) is 30.0 Å². The highest BCUT2D eigenvalue weighted by Crippen LogP contribution is 2.42. The van der Waals surface area contributed by atoms with Crippen LogP contribution in [-0.2, 0) is 0 Å². The number of para-hydroxylation sites is 1. The second-order valence-electron chi connectivity index (χ2n) is 3.56. The van der Waals surface area contributed by atoms with Crippen molar-refractivity contribution in [2.45, 2.75) is 16.8 Å². The first-order valence-electron chi connectivity index (χ1n) is 5.17. The average Bonchev–Trinajstić information content (AvgIpc) is 2.82. The maximum absolute atomic E-state index is 5.61. The van der Waals surface area contributed by atoms with Gasteiger partial charge in [0.25, 0.3) is 0 Å². The molecule has 0 saturated heterocycles. The van der Waals surface area contributed by atoms with E-state index < -0.39 is 0 Å². The molecule has 1 unspecified atom stereocenters. The second-order valence-corrected chi connectivity index (χ2v) is 4.73. The Balaban J connectivity index is 1.87. The highest BCUT2D eigenvalue weighted by atomic mass is 32.2. The van der Waals surface area contributed by atoms with Gasteiger partial charge in [-0.05, 0) is 12.5 Å². The van der Waals surface area contributed by atoms with E-state index in [2.05, 4.69) is 21.2 Å². The Labute approximate surface area is 97.4 Å². The molecule has 2 aromatic rings. The number of benzene rings is 1. The van der Waals surface area contributed by atoms with Crippen molar-refractivity contribution in [1.82, 2.24) is 15.2 Å². The van der Waals surface area contributed by atoms with Crippen LogP contribution in [0.25, 0.3) is 0 Å². The molecule has 0 fully saturated rings. The number of hydrogen-bond donors (Lipinski definition) is 1. The van der Waals surface area contributed by atoms with Gasteiger partial charge >= 0.3 is 0 Å². The van der Waals surface area contributed by atoms with Crippen molar-refractivity contribution in [1.29, 1.82) is 0 Å². The lowest BCUT2D eigenvalue weighted by molar-refractivity contribution is 0.286. The number of nitrogens with one attached hydrogen (secondary N) is 1. The van der Waals surface area contributed by atoms with E-state index in [1.807, 2.05) is 18.2 Å². The zero-order chi connectivity index (χ0) is 10.8. The molecule has 0 radical (unpaired) electrons. The van der Waals surface area contributed by atoms with Crippen LogP contribution < -0.4 is 4.74 Å². The fourth-order valence-corrected chi connectivity index (χ4v) is 2.82. The molecule has 1 aromatic heterocycles. The monoisotopic (exact) mass is 233 g/mol. The summed E-state index contributed by atoms with van der Waals surface area (Å²) >= 11 is 1.68. The Kier molecular flexibility index (Phi) is 2.53. The zero-order valence-corrected chi connectivity index (χ0v) is 9.41. The molecule has 1 atom stereocenters. The molecule has 3 rings (SSSR count). The summed E-state index contributed by atoms with van der Waals surface area (Å²) in [7, 11) is 0.